The van der Waals surface area contributed by atoms with Crippen LogP contribution in [0.2, 0.25) is 0 Å². The zero-order chi connectivity index (χ0) is 15.6. The maximum absolute atomic E-state index is 6.02. The van der Waals surface area contributed by atoms with Gasteiger partial charge >= 0.3 is 0 Å². The summed E-state index contributed by atoms with van der Waals surface area (Å²) in [6, 6.07) is 10.2. The first-order chi connectivity index (χ1) is 11.2. The topological polar surface area (TPSA) is 44.5 Å². The average molecular weight is 305 g/mol. The third kappa shape index (κ3) is 1.75. The fourth-order valence-electron chi connectivity index (χ4n) is 3.34. The van der Waals surface area contributed by atoms with Crippen LogP contribution in [-0.4, -0.2) is 18.2 Å². The molecule has 0 fully saturated rings. The Balaban J connectivity index is 1.97. The van der Waals surface area contributed by atoms with Gasteiger partial charge in [-0.2, -0.15) is 0 Å². The van der Waals surface area contributed by atoms with Crippen molar-refractivity contribution in [2.24, 2.45) is 0 Å². The molecule has 0 amide bonds. The van der Waals surface area contributed by atoms with Crippen molar-refractivity contribution in [3.63, 3.8) is 0 Å². The molecule has 114 valence electrons. The quantitative estimate of drug-likeness (QED) is 0.480. The number of furan rings is 1. The monoisotopic (exact) mass is 305 g/mol. The second-order valence-electron chi connectivity index (χ2n) is 6.00. The number of nitrogens with zero attached hydrogens (tertiary/aromatic N) is 1. The van der Waals surface area contributed by atoms with E-state index in [1.54, 1.807) is 0 Å². The van der Waals surface area contributed by atoms with Crippen molar-refractivity contribution in [3.8, 4) is 22.8 Å². The minimum atomic E-state index is 0.576. The Kier molecular flexibility index (Phi) is 2.43. The van der Waals surface area contributed by atoms with Crippen molar-refractivity contribution in [2.45, 2.75) is 13.8 Å². The van der Waals surface area contributed by atoms with Gasteiger partial charge in [0, 0.05) is 16.8 Å². The summed E-state index contributed by atoms with van der Waals surface area (Å²) in [5.74, 6) is 2.44. The van der Waals surface area contributed by atoms with Crippen LogP contribution in [0.25, 0.3) is 33.1 Å². The lowest BCUT2D eigenvalue weighted by Crippen LogP contribution is -2.15. The lowest BCUT2D eigenvalue weighted by Gasteiger charge is -2.17. The predicted octanol–water partition coefficient (Wildman–Crippen LogP) is 4.47. The van der Waals surface area contributed by atoms with Crippen LogP contribution < -0.4 is 9.47 Å². The third-order valence-corrected chi connectivity index (χ3v) is 4.43. The smallest absolute Gasteiger partial charge is 0.163 e. The Hall–Kier alpha value is -2.75. The molecule has 0 saturated carbocycles. The van der Waals surface area contributed by atoms with Gasteiger partial charge < -0.3 is 13.9 Å². The number of hydrogen-bond acceptors (Lipinski definition) is 4. The van der Waals surface area contributed by atoms with Gasteiger partial charge in [0.25, 0.3) is 0 Å². The summed E-state index contributed by atoms with van der Waals surface area (Å²) in [7, 11) is 0. The van der Waals surface area contributed by atoms with Gasteiger partial charge in [0.2, 0.25) is 0 Å². The summed E-state index contributed by atoms with van der Waals surface area (Å²) in [5, 5.41) is 2.17. The van der Waals surface area contributed by atoms with E-state index in [4.69, 9.17) is 18.9 Å². The van der Waals surface area contributed by atoms with Gasteiger partial charge in [-0.25, -0.2) is 4.98 Å². The van der Waals surface area contributed by atoms with Crippen molar-refractivity contribution >= 4 is 21.9 Å². The van der Waals surface area contributed by atoms with Crippen LogP contribution in [0.3, 0.4) is 0 Å². The number of ether oxygens (including phenoxy) is 2. The molecule has 0 unspecified atom stereocenters. The Bertz CT molecular complexity index is 1050. The van der Waals surface area contributed by atoms with Crippen molar-refractivity contribution in [1.29, 1.82) is 0 Å². The number of rotatable bonds is 0. The number of aromatic nitrogens is 1. The van der Waals surface area contributed by atoms with Gasteiger partial charge in [0.05, 0.1) is 16.8 Å². The molecule has 2 aromatic rings. The maximum atomic E-state index is 6.02. The molecule has 3 heterocycles. The van der Waals surface area contributed by atoms with Gasteiger partial charge in [0.1, 0.15) is 24.6 Å². The molecule has 3 aliphatic rings. The Labute approximate surface area is 133 Å². The van der Waals surface area contributed by atoms with Crippen LogP contribution in [0, 0.1) is 13.8 Å². The highest BCUT2D eigenvalue weighted by Gasteiger charge is 2.21. The predicted molar refractivity (Wildman–Crippen MR) is 88.6 cm³/mol. The summed E-state index contributed by atoms with van der Waals surface area (Å²) in [6.07, 6.45) is 0. The van der Waals surface area contributed by atoms with Crippen LogP contribution in [0.5, 0.6) is 11.5 Å². The molecule has 1 aliphatic carbocycles. The zero-order valence-corrected chi connectivity index (χ0v) is 13.0. The van der Waals surface area contributed by atoms with Gasteiger partial charge in [-0.15, -0.1) is 0 Å². The molecule has 2 aliphatic heterocycles. The maximum Gasteiger partial charge on any atom is 0.163 e. The zero-order valence-electron chi connectivity index (χ0n) is 13.0. The Morgan fingerprint density at radius 3 is 2.52 bits per heavy atom. The fourth-order valence-corrected chi connectivity index (χ4v) is 3.34. The molecular formula is C19H15NO3. The first-order valence-corrected chi connectivity index (χ1v) is 7.73. The second kappa shape index (κ2) is 4.38. The summed E-state index contributed by atoms with van der Waals surface area (Å²) >= 11 is 0. The number of aryl methyl sites for hydroxylation is 2. The van der Waals surface area contributed by atoms with Gasteiger partial charge in [-0.3, -0.25) is 0 Å². The molecule has 1 aromatic heterocycles. The van der Waals surface area contributed by atoms with E-state index in [-0.39, 0.29) is 0 Å². The van der Waals surface area contributed by atoms with E-state index in [0.29, 0.717) is 13.2 Å². The highest BCUT2D eigenvalue weighted by Crippen LogP contribution is 2.43. The second-order valence-corrected chi connectivity index (χ2v) is 6.00. The number of fused-ring (bicyclic) bond motifs is 6. The number of hydrogen-bond donors (Lipinski definition) is 0. The van der Waals surface area contributed by atoms with Crippen LogP contribution in [0.4, 0.5) is 0 Å². The van der Waals surface area contributed by atoms with E-state index < -0.39 is 0 Å². The molecule has 0 saturated heterocycles. The average Bonchev–Trinajstić information content (AvgIpc) is 3.06. The molecule has 4 nitrogen and oxygen atoms in total. The molecule has 4 heteroatoms. The van der Waals surface area contributed by atoms with E-state index in [1.165, 1.54) is 5.56 Å². The number of benzene rings is 1. The molecule has 0 N–H and O–H groups in total. The van der Waals surface area contributed by atoms with E-state index >= 15 is 0 Å². The summed E-state index contributed by atoms with van der Waals surface area (Å²) < 4.78 is 17.4. The van der Waals surface area contributed by atoms with E-state index in [9.17, 15) is 0 Å². The summed E-state index contributed by atoms with van der Waals surface area (Å²) in [4.78, 5) is 4.77. The van der Waals surface area contributed by atoms with Crippen LogP contribution in [-0.2, 0) is 0 Å². The standard InChI is InChI=1S/C19H15NO3/c1-10-3-4-14-18(19-12(10)7-11(2)23-19)13-8-16-17(9-15(13)20-14)22-6-5-21-16/h3-4,7-9H,5-6H2,1-2H3. The van der Waals surface area contributed by atoms with E-state index in [0.717, 1.165) is 50.4 Å². The Morgan fingerprint density at radius 2 is 1.70 bits per heavy atom. The van der Waals surface area contributed by atoms with Gasteiger partial charge in [-0.05, 0) is 37.6 Å². The normalized spacial score (nSPS) is 14.0. The lowest BCUT2D eigenvalue weighted by atomic mass is 10.1. The van der Waals surface area contributed by atoms with Crippen LogP contribution in [0.1, 0.15) is 11.3 Å². The largest absolute Gasteiger partial charge is 0.486 e. The summed E-state index contributed by atoms with van der Waals surface area (Å²) in [5.41, 5.74) is 4.94. The van der Waals surface area contributed by atoms with Crippen molar-refractivity contribution in [3.05, 3.63) is 41.7 Å². The molecular weight excluding hydrogens is 290 g/mol. The van der Waals surface area contributed by atoms with Gasteiger partial charge in [-0.1, -0.05) is 6.07 Å². The lowest BCUT2D eigenvalue weighted by molar-refractivity contribution is 0.172. The first kappa shape index (κ1) is 12.8. The minimum absolute atomic E-state index is 0.576. The summed E-state index contributed by atoms with van der Waals surface area (Å²) in [6.45, 7) is 5.22. The highest BCUT2D eigenvalue weighted by molar-refractivity contribution is 6.09. The van der Waals surface area contributed by atoms with Crippen molar-refractivity contribution in [2.75, 3.05) is 13.2 Å². The first-order valence-electron chi connectivity index (χ1n) is 7.73. The molecule has 0 spiro atoms. The molecule has 0 radical (unpaired) electrons. The molecule has 23 heavy (non-hydrogen) atoms. The molecule has 5 rings (SSSR count). The minimum Gasteiger partial charge on any atom is -0.486 e. The fraction of sp³-hybridized carbons (Fsp3) is 0.211. The van der Waals surface area contributed by atoms with E-state index in [1.807, 2.05) is 19.1 Å². The van der Waals surface area contributed by atoms with Crippen molar-refractivity contribution < 1.29 is 13.9 Å². The SMILES string of the molecule is Cc1cc2c(C)ccc3nc4cc5c(cc4c-3c2o1)OCCO5. The molecule has 0 atom stereocenters. The Morgan fingerprint density at radius 1 is 0.913 bits per heavy atom. The van der Waals surface area contributed by atoms with Crippen LogP contribution in [0.15, 0.2) is 34.7 Å². The molecule has 1 aromatic carbocycles. The highest BCUT2D eigenvalue weighted by atomic mass is 16.6. The van der Waals surface area contributed by atoms with E-state index in [2.05, 4.69) is 25.1 Å². The van der Waals surface area contributed by atoms with Crippen molar-refractivity contribution in [1.82, 2.24) is 4.98 Å². The molecule has 0 bridgehead atoms. The third-order valence-electron chi connectivity index (χ3n) is 4.43. The van der Waals surface area contributed by atoms with Crippen LogP contribution >= 0.6 is 0 Å². The van der Waals surface area contributed by atoms with Gasteiger partial charge in [0.15, 0.2) is 11.5 Å².